The normalized spacial score (nSPS) is 21.2. The van der Waals surface area contributed by atoms with Gasteiger partial charge >= 0.3 is 0 Å². The number of thiazole rings is 1. The SMILES string of the molecule is Cn1ncc2cc([C@H]3CC[C@H](CNc4cccc(-c5cnc(C6CC6)s5)c4)CC3)ccc21. The molecule has 164 valence electrons. The summed E-state index contributed by atoms with van der Waals surface area (Å²) in [5.74, 6) is 2.17. The van der Waals surface area contributed by atoms with Crippen molar-refractivity contribution in [3.8, 4) is 10.4 Å². The molecule has 4 nitrogen and oxygen atoms in total. The molecule has 2 aliphatic carbocycles. The molecule has 6 rings (SSSR count). The van der Waals surface area contributed by atoms with Crippen molar-refractivity contribution in [2.45, 2.75) is 50.4 Å². The number of nitrogens with zero attached hydrogens (tertiary/aromatic N) is 3. The second kappa shape index (κ2) is 8.36. The summed E-state index contributed by atoms with van der Waals surface area (Å²) < 4.78 is 1.96. The molecule has 2 aromatic carbocycles. The lowest BCUT2D eigenvalue weighted by Gasteiger charge is -2.29. The van der Waals surface area contributed by atoms with E-state index in [0.29, 0.717) is 5.92 Å². The fourth-order valence-corrected chi connectivity index (χ4v) is 6.20. The van der Waals surface area contributed by atoms with Gasteiger partial charge in [-0.05, 0) is 85.8 Å². The van der Waals surface area contributed by atoms with E-state index in [2.05, 4.69) is 64.1 Å². The lowest BCUT2D eigenvalue weighted by molar-refractivity contribution is 0.338. The lowest BCUT2D eigenvalue weighted by Crippen LogP contribution is -2.20. The quantitative estimate of drug-likeness (QED) is 0.351. The van der Waals surface area contributed by atoms with Crippen LogP contribution in [0.15, 0.2) is 54.9 Å². The van der Waals surface area contributed by atoms with Crippen molar-refractivity contribution in [3.05, 3.63) is 65.4 Å². The molecule has 5 heteroatoms. The third-order valence-electron chi connectivity index (χ3n) is 7.28. The number of aryl methyl sites for hydroxylation is 1. The highest BCUT2D eigenvalue weighted by molar-refractivity contribution is 7.15. The van der Waals surface area contributed by atoms with Crippen molar-refractivity contribution < 1.29 is 0 Å². The van der Waals surface area contributed by atoms with Crippen molar-refractivity contribution >= 4 is 27.9 Å². The average molecular weight is 443 g/mol. The van der Waals surface area contributed by atoms with Gasteiger partial charge in [-0.15, -0.1) is 11.3 Å². The fourth-order valence-electron chi connectivity index (χ4n) is 5.12. The molecule has 2 aliphatic rings. The summed E-state index contributed by atoms with van der Waals surface area (Å²) in [6.07, 6.45) is 11.8. The van der Waals surface area contributed by atoms with Gasteiger partial charge in [-0.25, -0.2) is 4.98 Å². The first-order valence-electron chi connectivity index (χ1n) is 11.9. The van der Waals surface area contributed by atoms with Gasteiger partial charge in [0.15, 0.2) is 0 Å². The second-order valence-corrected chi connectivity index (χ2v) is 10.7. The number of anilines is 1. The second-order valence-electron chi connectivity index (χ2n) is 9.60. The van der Waals surface area contributed by atoms with E-state index in [1.54, 1.807) is 0 Å². The number of rotatable bonds is 6. The Morgan fingerprint density at radius 3 is 2.66 bits per heavy atom. The van der Waals surface area contributed by atoms with Gasteiger partial charge in [0.1, 0.15) is 0 Å². The van der Waals surface area contributed by atoms with Crippen molar-refractivity contribution in [1.82, 2.24) is 14.8 Å². The molecule has 4 aromatic rings. The molecule has 2 heterocycles. The van der Waals surface area contributed by atoms with Crippen molar-refractivity contribution in [1.29, 1.82) is 0 Å². The Bertz CT molecular complexity index is 1230. The molecule has 32 heavy (non-hydrogen) atoms. The summed E-state index contributed by atoms with van der Waals surface area (Å²) in [7, 11) is 2.01. The van der Waals surface area contributed by atoms with Crippen LogP contribution >= 0.6 is 11.3 Å². The Labute approximate surface area is 193 Å². The minimum atomic E-state index is 0.686. The summed E-state index contributed by atoms with van der Waals surface area (Å²) in [4.78, 5) is 5.94. The molecule has 0 amide bonds. The summed E-state index contributed by atoms with van der Waals surface area (Å²) >= 11 is 1.87. The predicted molar refractivity (Wildman–Crippen MR) is 133 cm³/mol. The van der Waals surface area contributed by atoms with Crippen molar-refractivity contribution in [2.24, 2.45) is 13.0 Å². The van der Waals surface area contributed by atoms with Gasteiger partial charge in [0, 0.05) is 36.8 Å². The molecule has 0 atom stereocenters. The van der Waals surface area contributed by atoms with E-state index in [0.717, 1.165) is 18.4 Å². The largest absolute Gasteiger partial charge is 0.385 e. The standard InChI is InChI=1S/C27H30N4S/c1-31-25-12-11-21(13-23(25)16-30-31)19-7-5-18(6-8-19)15-28-24-4-2-3-22(14-24)26-17-29-27(32-26)20-9-10-20/h2-4,11-14,16-20,28H,5-10,15H2,1H3/t18-,19-. The molecule has 0 aliphatic heterocycles. The molecule has 0 unspecified atom stereocenters. The van der Waals surface area contributed by atoms with E-state index in [1.165, 1.54) is 76.1 Å². The van der Waals surface area contributed by atoms with Gasteiger partial charge in [0.25, 0.3) is 0 Å². The van der Waals surface area contributed by atoms with Crippen LogP contribution in [0.1, 0.15) is 60.9 Å². The van der Waals surface area contributed by atoms with E-state index in [1.807, 2.05) is 29.3 Å². The number of hydrogen-bond acceptors (Lipinski definition) is 4. The molecular weight excluding hydrogens is 412 g/mol. The van der Waals surface area contributed by atoms with Crippen molar-refractivity contribution in [2.75, 3.05) is 11.9 Å². The van der Waals surface area contributed by atoms with Crippen LogP contribution in [0.4, 0.5) is 5.69 Å². The molecule has 0 radical (unpaired) electrons. The molecule has 0 saturated heterocycles. The molecule has 2 aromatic heterocycles. The first kappa shape index (κ1) is 20.0. The zero-order valence-electron chi connectivity index (χ0n) is 18.6. The van der Waals surface area contributed by atoms with Crippen LogP contribution < -0.4 is 5.32 Å². The first-order valence-corrected chi connectivity index (χ1v) is 12.8. The highest BCUT2D eigenvalue weighted by Gasteiger charge is 2.27. The van der Waals surface area contributed by atoms with Gasteiger partial charge in [0.05, 0.1) is 21.6 Å². The maximum absolute atomic E-state index is 4.65. The van der Waals surface area contributed by atoms with Crippen LogP contribution in [0, 0.1) is 5.92 Å². The molecule has 1 N–H and O–H groups in total. The van der Waals surface area contributed by atoms with E-state index >= 15 is 0 Å². The minimum absolute atomic E-state index is 0.686. The average Bonchev–Trinajstić information content (AvgIpc) is 3.45. The van der Waals surface area contributed by atoms with Gasteiger partial charge in [-0.1, -0.05) is 18.2 Å². The maximum Gasteiger partial charge on any atom is 0.0962 e. The number of benzene rings is 2. The van der Waals surface area contributed by atoms with E-state index < -0.39 is 0 Å². The molecule has 2 saturated carbocycles. The third-order valence-corrected chi connectivity index (χ3v) is 8.49. The number of hydrogen-bond donors (Lipinski definition) is 1. The van der Waals surface area contributed by atoms with Crippen LogP contribution in [0.3, 0.4) is 0 Å². The van der Waals surface area contributed by atoms with Gasteiger partial charge in [0.2, 0.25) is 0 Å². The highest BCUT2D eigenvalue weighted by atomic mass is 32.1. The zero-order valence-corrected chi connectivity index (χ0v) is 19.4. The summed E-state index contributed by atoms with van der Waals surface area (Å²) in [6.45, 7) is 1.06. The topological polar surface area (TPSA) is 42.7 Å². The minimum Gasteiger partial charge on any atom is -0.385 e. The Morgan fingerprint density at radius 2 is 1.81 bits per heavy atom. The zero-order chi connectivity index (χ0) is 21.5. The van der Waals surface area contributed by atoms with Crippen LogP contribution in [-0.4, -0.2) is 21.3 Å². The van der Waals surface area contributed by atoms with Crippen LogP contribution in [0.5, 0.6) is 0 Å². The monoisotopic (exact) mass is 442 g/mol. The van der Waals surface area contributed by atoms with E-state index in [9.17, 15) is 0 Å². The third kappa shape index (κ3) is 4.06. The fraction of sp³-hybridized carbons (Fsp3) is 0.407. The summed E-state index contributed by atoms with van der Waals surface area (Å²) in [5.41, 5.74) is 5.22. The smallest absolute Gasteiger partial charge is 0.0962 e. The maximum atomic E-state index is 4.65. The van der Waals surface area contributed by atoms with E-state index in [-0.39, 0.29) is 0 Å². The van der Waals surface area contributed by atoms with Crippen molar-refractivity contribution in [3.63, 3.8) is 0 Å². The summed E-state index contributed by atoms with van der Waals surface area (Å²) in [5, 5.41) is 10.7. The molecular formula is C27H30N4S. The molecule has 0 spiro atoms. The van der Waals surface area contributed by atoms with Gasteiger partial charge < -0.3 is 5.32 Å². The predicted octanol–water partition coefficient (Wildman–Crippen LogP) is 6.96. The van der Waals surface area contributed by atoms with Crippen LogP contribution in [-0.2, 0) is 7.05 Å². The number of nitrogens with one attached hydrogen (secondary N) is 1. The Hall–Kier alpha value is -2.66. The first-order chi connectivity index (χ1) is 15.7. The molecule has 0 bridgehead atoms. The number of aromatic nitrogens is 3. The Kier molecular flexibility index (Phi) is 5.22. The van der Waals surface area contributed by atoms with Gasteiger partial charge in [-0.3, -0.25) is 4.68 Å². The lowest BCUT2D eigenvalue weighted by atomic mass is 9.78. The number of fused-ring (bicyclic) bond motifs is 1. The summed E-state index contributed by atoms with van der Waals surface area (Å²) in [6, 6.07) is 15.8. The van der Waals surface area contributed by atoms with Gasteiger partial charge in [-0.2, -0.15) is 5.10 Å². The van der Waals surface area contributed by atoms with Crippen LogP contribution in [0.25, 0.3) is 21.3 Å². The van der Waals surface area contributed by atoms with E-state index in [4.69, 9.17) is 0 Å². The Balaban J connectivity index is 1.05. The van der Waals surface area contributed by atoms with Crippen LogP contribution in [0.2, 0.25) is 0 Å². The Morgan fingerprint density at radius 1 is 0.969 bits per heavy atom. The molecule has 2 fully saturated rings. The highest BCUT2D eigenvalue weighted by Crippen LogP contribution is 2.43.